The number of amidine groups is 1. The van der Waals surface area contributed by atoms with Crippen LogP contribution < -0.4 is 5.32 Å². The van der Waals surface area contributed by atoms with Crippen LogP contribution in [0.4, 0.5) is 4.39 Å². The lowest BCUT2D eigenvalue weighted by Gasteiger charge is -2.34. The van der Waals surface area contributed by atoms with Gasteiger partial charge in [-0.05, 0) is 55.2 Å². The number of hydrogen-bond acceptors (Lipinski definition) is 8. The number of aliphatic imine (C=N–C) groups is 1. The molecular formula is C27H27ClFN5O4S. The number of aryl methyl sites for hydroxylation is 1. The summed E-state index contributed by atoms with van der Waals surface area (Å²) >= 11 is 7.78. The van der Waals surface area contributed by atoms with Crippen LogP contribution in [0, 0.1) is 11.7 Å². The molecule has 0 amide bonds. The Kier molecular flexibility index (Phi) is 8.08. The highest BCUT2D eigenvalue weighted by atomic mass is 35.5. The predicted molar refractivity (Wildman–Crippen MR) is 144 cm³/mol. The van der Waals surface area contributed by atoms with Crippen molar-refractivity contribution in [2.45, 2.75) is 50.6 Å². The summed E-state index contributed by atoms with van der Waals surface area (Å²) in [6.07, 6.45) is 8.92. The van der Waals surface area contributed by atoms with Gasteiger partial charge in [0.25, 0.3) is 0 Å². The highest BCUT2D eigenvalue weighted by Crippen LogP contribution is 2.43. The number of hydrogen-bond donors (Lipinski definition) is 2. The second-order valence-corrected chi connectivity index (χ2v) is 10.9. The molecular weight excluding hydrogens is 545 g/mol. The lowest BCUT2D eigenvalue weighted by atomic mass is 9.76. The lowest BCUT2D eigenvalue weighted by molar-refractivity contribution is -0.141. The minimum absolute atomic E-state index is 0.0473. The maximum atomic E-state index is 13.8. The average molecular weight is 572 g/mol. The second-order valence-electron chi connectivity index (χ2n) is 9.55. The fourth-order valence-corrected chi connectivity index (χ4v) is 6.11. The minimum Gasteiger partial charge on any atom is -0.478 e. The van der Waals surface area contributed by atoms with Gasteiger partial charge in [-0.2, -0.15) is 5.10 Å². The summed E-state index contributed by atoms with van der Waals surface area (Å²) in [5, 5.41) is 20.6. The van der Waals surface area contributed by atoms with Gasteiger partial charge in [-0.25, -0.2) is 14.2 Å². The second kappa shape index (κ2) is 11.7. The molecule has 9 nitrogen and oxygen atoms in total. The maximum Gasteiger partial charge on any atom is 0.335 e. The van der Waals surface area contributed by atoms with E-state index in [0.717, 1.165) is 31.2 Å². The van der Waals surface area contributed by atoms with Crippen molar-refractivity contribution in [2.24, 2.45) is 10.9 Å². The largest absolute Gasteiger partial charge is 0.478 e. The third kappa shape index (κ3) is 5.89. The number of carbonyl (C=O) groups excluding carboxylic acids is 1. The SMILES string of the molecule is COC(=O)CCn1cc(C2CCC(C3=C(C(=O)O)C(c4ccc(F)cc4Cl)N=C(c4nccs4)N3)CC2)cn1. The van der Waals surface area contributed by atoms with Crippen LogP contribution in [0.15, 0.2) is 58.4 Å². The van der Waals surface area contributed by atoms with Crippen molar-refractivity contribution in [2.75, 3.05) is 7.11 Å². The zero-order valence-electron chi connectivity index (χ0n) is 21.1. The number of allylic oxidation sites excluding steroid dienone is 1. The summed E-state index contributed by atoms with van der Waals surface area (Å²) in [5.74, 6) is -1.18. The summed E-state index contributed by atoms with van der Waals surface area (Å²) in [7, 11) is 1.36. The predicted octanol–water partition coefficient (Wildman–Crippen LogP) is 5.10. The third-order valence-electron chi connectivity index (χ3n) is 7.23. The van der Waals surface area contributed by atoms with Crippen molar-refractivity contribution in [1.29, 1.82) is 0 Å². The molecule has 1 aliphatic heterocycles. The van der Waals surface area contributed by atoms with Crippen LogP contribution in [0.2, 0.25) is 5.02 Å². The molecule has 1 saturated carbocycles. The van der Waals surface area contributed by atoms with E-state index in [1.54, 1.807) is 10.9 Å². The Morgan fingerprint density at radius 2 is 2.03 bits per heavy atom. The summed E-state index contributed by atoms with van der Waals surface area (Å²) in [6, 6.07) is 3.02. The molecule has 5 rings (SSSR count). The number of esters is 1. The number of thiazole rings is 1. The Bertz CT molecular complexity index is 1430. The molecule has 1 unspecified atom stereocenters. The van der Waals surface area contributed by atoms with Gasteiger partial charge < -0.3 is 15.2 Å². The van der Waals surface area contributed by atoms with Gasteiger partial charge >= 0.3 is 11.9 Å². The third-order valence-corrected chi connectivity index (χ3v) is 8.34. The van der Waals surface area contributed by atoms with Gasteiger partial charge in [-0.15, -0.1) is 11.3 Å². The number of aliphatic carboxylic acids is 1. The number of carboxylic acids is 1. The zero-order chi connectivity index (χ0) is 27.5. The number of benzene rings is 1. The highest BCUT2D eigenvalue weighted by Gasteiger charge is 2.37. The molecule has 2 N–H and O–H groups in total. The first-order chi connectivity index (χ1) is 18.8. The van der Waals surface area contributed by atoms with Crippen LogP contribution in [0.1, 0.15) is 60.2 Å². The van der Waals surface area contributed by atoms with Gasteiger partial charge in [0.05, 0.1) is 31.8 Å². The Balaban J connectivity index is 1.40. The number of nitrogens with one attached hydrogen (secondary N) is 1. The van der Waals surface area contributed by atoms with Gasteiger partial charge in [0.15, 0.2) is 10.8 Å². The molecule has 0 spiro atoms. The molecule has 1 atom stereocenters. The zero-order valence-corrected chi connectivity index (χ0v) is 22.7. The summed E-state index contributed by atoms with van der Waals surface area (Å²) in [5.41, 5.74) is 2.24. The summed E-state index contributed by atoms with van der Waals surface area (Å²) in [4.78, 5) is 33.2. The average Bonchev–Trinajstić information content (AvgIpc) is 3.64. The van der Waals surface area contributed by atoms with Crippen molar-refractivity contribution in [3.05, 3.63) is 80.4 Å². The first kappa shape index (κ1) is 27.0. The van der Waals surface area contributed by atoms with Crippen molar-refractivity contribution >= 4 is 40.7 Å². The van der Waals surface area contributed by atoms with E-state index in [9.17, 15) is 19.1 Å². The smallest absolute Gasteiger partial charge is 0.335 e. The van der Waals surface area contributed by atoms with E-state index >= 15 is 0 Å². The van der Waals surface area contributed by atoms with Crippen molar-refractivity contribution in [3.8, 4) is 0 Å². The number of nitrogens with zero attached hydrogens (tertiary/aromatic N) is 4. The van der Waals surface area contributed by atoms with E-state index in [4.69, 9.17) is 21.3 Å². The summed E-state index contributed by atoms with van der Waals surface area (Å²) in [6.45, 7) is 0.451. The minimum atomic E-state index is -1.10. The standard InChI is InChI=1S/C27H27ClFN5O4S/c1-38-21(35)8-10-34-14-17(13-31-34)15-2-4-16(5-3-15)23-22(27(36)37)24(19-7-6-18(29)12-20(19)28)33-25(32-23)26-30-9-11-39-26/h6-7,9,11-16,24H,2-5,8,10H2,1H3,(H,32,33)(H,36,37). The van der Waals surface area contributed by atoms with Crippen molar-refractivity contribution < 1.29 is 23.8 Å². The van der Waals surface area contributed by atoms with E-state index in [2.05, 4.69) is 15.4 Å². The number of rotatable bonds is 8. The molecule has 1 aromatic carbocycles. The molecule has 204 valence electrons. The van der Waals surface area contributed by atoms with Gasteiger partial charge in [-0.1, -0.05) is 17.7 Å². The molecule has 1 aliphatic carbocycles. The Morgan fingerprint density at radius 3 is 2.69 bits per heavy atom. The molecule has 0 bridgehead atoms. The number of carboxylic acid groups (broad SMARTS) is 1. The molecule has 3 heterocycles. The van der Waals surface area contributed by atoms with Gasteiger partial charge in [0.2, 0.25) is 0 Å². The summed E-state index contributed by atoms with van der Waals surface area (Å²) < 4.78 is 20.3. The molecule has 2 aliphatic rings. The van der Waals surface area contributed by atoms with E-state index < -0.39 is 17.8 Å². The monoisotopic (exact) mass is 571 g/mol. The van der Waals surface area contributed by atoms with Crippen LogP contribution in [0.25, 0.3) is 0 Å². The van der Waals surface area contributed by atoms with Crippen LogP contribution in [-0.4, -0.2) is 44.8 Å². The van der Waals surface area contributed by atoms with Crippen molar-refractivity contribution in [3.63, 3.8) is 0 Å². The van der Waals surface area contributed by atoms with Crippen LogP contribution >= 0.6 is 22.9 Å². The lowest BCUT2D eigenvalue weighted by Crippen LogP contribution is -2.37. The van der Waals surface area contributed by atoms with Crippen LogP contribution in [-0.2, 0) is 20.9 Å². The Labute approximate surface area is 233 Å². The number of ether oxygens (including phenoxy) is 1. The Hall–Kier alpha value is -3.57. The number of halogens is 2. The van der Waals surface area contributed by atoms with E-state index in [0.29, 0.717) is 28.6 Å². The van der Waals surface area contributed by atoms with Gasteiger partial charge in [-0.3, -0.25) is 14.5 Å². The molecule has 0 saturated heterocycles. The van der Waals surface area contributed by atoms with Crippen molar-refractivity contribution in [1.82, 2.24) is 20.1 Å². The normalized spacial score (nSPS) is 21.3. The first-order valence-electron chi connectivity index (χ1n) is 12.6. The maximum absolute atomic E-state index is 13.8. The molecule has 1 fully saturated rings. The number of methoxy groups -OCH3 is 1. The quantitative estimate of drug-likeness (QED) is 0.361. The number of carbonyl (C=O) groups is 2. The highest BCUT2D eigenvalue weighted by molar-refractivity contribution is 7.11. The van der Waals surface area contributed by atoms with Gasteiger partial charge in [0.1, 0.15) is 11.9 Å². The van der Waals surface area contributed by atoms with E-state index in [1.165, 1.54) is 36.6 Å². The molecule has 0 radical (unpaired) electrons. The van der Waals surface area contributed by atoms with E-state index in [1.807, 2.05) is 17.8 Å². The van der Waals surface area contributed by atoms with Gasteiger partial charge in [0, 0.05) is 34.1 Å². The fraction of sp³-hybridized carbons (Fsp3) is 0.370. The van der Waals surface area contributed by atoms with Crippen LogP contribution in [0.5, 0.6) is 0 Å². The molecule has 2 aromatic heterocycles. The topological polar surface area (TPSA) is 119 Å². The Morgan fingerprint density at radius 1 is 1.26 bits per heavy atom. The number of aromatic nitrogens is 3. The molecule has 3 aromatic rings. The fourth-order valence-electron chi connectivity index (χ4n) is 5.26. The van der Waals surface area contributed by atoms with Crippen LogP contribution in [0.3, 0.4) is 0 Å². The first-order valence-corrected chi connectivity index (χ1v) is 13.9. The molecule has 12 heteroatoms. The molecule has 39 heavy (non-hydrogen) atoms. The van der Waals surface area contributed by atoms with E-state index in [-0.39, 0.29) is 34.8 Å².